The Labute approximate surface area is 98.5 Å². The molecule has 1 aromatic heterocycles. The number of pyridine rings is 1. The molecule has 1 aromatic rings. The van der Waals surface area contributed by atoms with Gasteiger partial charge < -0.3 is 9.84 Å². The molecule has 17 heavy (non-hydrogen) atoms. The number of carbonyl (C=O) groups is 1. The van der Waals surface area contributed by atoms with Gasteiger partial charge in [-0.25, -0.2) is 18.2 Å². The first kappa shape index (κ1) is 13.4. The Kier molecular flexibility index (Phi) is 4.41. The highest BCUT2D eigenvalue weighted by molar-refractivity contribution is 7.92. The summed E-state index contributed by atoms with van der Waals surface area (Å²) in [5, 5.41) is 8.61. The molecule has 0 amide bonds. The summed E-state index contributed by atoms with van der Waals surface area (Å²) in [5.74, 6) is -1.34. The Bertz CT molecular complexity index is 483. The lowest BCUT2D eigenvalue weighted by atomic mass is 10.3. The fourth-order valence-electron chi connectivity index (χ4n) is 1.00. The lowest BCUT2D eigenvalue weighted by Crippen LogP contribution is -2.19. The SMILES string of the molecule is COCCS(=O)(=O)Nc1ccc(C(=O)O)nc1. The van der Waals surface area contributed by atoms with E-state index in [1.54, 1.807) is 0 Å². The second-order valence-corrected chi connectivity index (χ2v) is 4.99. The van der Waals surface area contributed by atoms with Crippen molar-refractivity contribution in [2.24, 2.45) is 0 Å². The average molecular weight is 260 g/mol. The lowest BCUT2D eigenvalue weighted by Gasteiger charge is -2.06. The van der Waals surface area contributed by atoms with Crippen molar-refractivity contribution in [2.45, 2.75) is 0 Å². The van der Waals surface area contributed by atoms with Crippen molar-refractivity contribution in [3.8, 4) is 0 Å². The molecule has 0 radical (unpaired) electrons. The van der Waals surface area contributed by atoms with Gasteiger partial charge in [0.15, 0.2) is 0 Å². The molecule has 0 fully saturated rings. The van der Waals surface area contributed by atoms with Crippen molar-refractivity contribution in [1.29, 1.82) is 0 Å². The zero-order valence-corrected chi connectivity index (χ0v) is 9.90. The van der Waals surface area contributed by atoms with E-state index in [1.165, 1.54) is 19.2 Å². The van der Waals surface area contributed by atoms with Gasteiger partial charge in [-0.15, -0.1) is 0 Å². The number of aromatic carboxylic acids is 1. The van der Waals surface area contributed by atoms with Crippen LogP contribution in [0.5, 0.6) is 0 Å². The van der Waals surface area contributed by atoms with E-state index in [1.807, 2.05) is 0 Å². The second-order valence-electron chi connectivity index (χ2n) is 3.15. The molecule has 1 heterocycles. The molecule has 7 nitrogen and oxygen atoms in total. The highest BCUT2D eigenvalue weighted by Gasteiger charge is 2.11. The summed E-state index contributed by atoms with van der Waals surface area (Å²) >= 11 is 0. The van der Waals surface area contributed by atoms with E-state index in [0.717, 1.165) is 6.20 Å². The van der Waals surface area contributed by atoms with Crippen LogP contribution in [0.4, 0.5) is 5.69 Å². The van der Waals surface area contributed by atoms with Crippen LogP contribution in [0.1, 0.15) is 10.5 Å². The van der Waals surface area contributed by atoms with Crippen molar-refractivity contribution in [2.75, 3.05) is 24.2 Å². The zero-order valence-electron chi connectivity index (χ0n) is 9.08. The van der Waals surface area contributed by atoms with Crippen molar-refractivity contribution in [3.63, 3.8) is 0 Å². The number of sulfonamides is 1. The van der Waals surface area contributed by atoms with Gasteiger partial charge in [-0.05, 0) is 12.1 Å². The number of carboxylic acid groups (broad SMARTS) is 1. The van der Waals surface area contributed by atoms with E-state index >= 15 is 0 Å². The highest BCUT2D eigenvalue weighted by Crippen LogP contribution is 2.08. The summed E-state index contributed by atoms with van der Waals surface area (Å²) in [4.78, 5) is 14.1. The minimum absolute atomic E-state index is 0.0793. The molecule has 0 saturated heterocycles. The quantitative estimate of drug-likeness (QED) is 0.755. The van der Waals surface area contributed by atoms with E-state index in [0.29, 0.717) is 0 Å². The van der Waals surface area contributed by atoms with Crippen molar-refractivity contribution in [1.82, 2.24) is 4.98 Å². The maximum absolute atomic E-state index is 11.4. The Balaban J connectivity index is 2.72. The topological polar surface area (TPSA) is 106 Å². The zero-order chi connectivity index (χ0) is 12.9. The van der Waals surface area contributed by atoms with Gasteiger partial charge in [0, 0.05) is 7.11 Å². The normalized spacial score (nSPS) is 11.1. The van der Waals surface area contributed by atoms with E-state index < -0.39 is 16.0 Å². The molecule has 0 aliphatic rings. The molecule has 94 valence electrons. The summed E-state index contributed by atoms with van der Waals surface area (Å²) in [6.45, 7) is 0.0793. The standard InChI is InChI=1S/C9H12N2O5S/c1-16-4-5-17(14,15)11-7-2-3-8(9(12)13)10-6-7/h2-3,6,11H,4-5H2,1H3,(H,12,13). The summed E-state index contributed by atoms with van der Waals surface area (Å²) in [5.41, 5.74) is 0.0657. The molecule has 0 spiro atoms. The fourth-order valence-corrected chi connectivity index (χ4v) is 1.97. The van der Waals surface area contributed by atoms with Crippen LogP contribution >= 0.6 is 0 Å². The fraction of sp³-hybridized carbons (Fsp3) is 0.333. The number of hydrogen-bond acceptors (Lipinski definition) is 5. The van der Waals surface area contributed by atoms with E-state index in [9.17, 15) is 13.2 Å². The first-order chi connectivity index (χ1) is 7.94. The summed E-state index contributed by atoms with van der Waals surface area (Å²) < 4.78 is 29.8. The summed E-state index contributed by atoms with van der Waals surface area (Å²) in [7, 11) is -2.09. The predicted octanol–water partition coefficient (Wildman–Crippen LogP) is 0.168. The van der Waals surface area contributed by atoms with E-state index in [4.69, 9.17) is 5.11 Å². The van der Waals surface area contributed by atoms with Gasteiger partial charge >= 0.3 is 5.97 Å². The number of ether oxygens (including phenoxy) is 1. The average Bonchev–Trinajstić information content (AvgIpc) is 2.26. The van der Waals surface area contributed by atoms with Crippen LogP contribution in [0, 0.1) is 0 Å². The maximum atomic E-state index is 11.4. The van der Waals surface area contributed by atoms with Gasteiger partial charge in [0.1, 0.15) is 5.69 Å². The Morgan fingerprint density at radius 3 is 2.71 bits per heavy atom. The number of methoxy groups -OCH3 is 1. The molecule has 1 rings (SSSR count). The third-order valence-electron chi connectivity index (χ3n) is 1.81. The molecule has 0 bridgehead atoms. The third kappa shape index (κ3) is 4.37. The predicted molar refractivity (Wildman–Crippen MR) is 60.5 cm³/mol. The monoisotopic (exact) mass is 260 g/mol. The minimum atomic E-state index is -3.49. The Hall–Kier alpha value is -1.67. The largest absolute Gasteiger partial charge is 0.477 e. The van der Waals surface area contributed by atoms with Gasteiger partial charge in [-0.2, -0.15) is 0 Å². The third-order valence-corrected chi connectivity index (χ3v) is 3.06. The molecule has 8 heteroatoms. The minimum Gasteiger partial charge on any atom is -0.477 e. The number of anilines is 1. The van der Waals surface area contributed by atoms with Crippen molar-refractivity contribution in [3.05, 3.63) is 24.0 Å². The smallest absolute Gasteiger partial charge is 0.354 e. The first-order valence-corrected chi connectivity index (χ1v) is 6.28. The van der Waals surface area contributed by atoms with Gasteiger partial charge in [0.2, 0.25) is 10.0 Å². The van der Waals surface area contributed by atoms with Gasteiger partial charge in [0.05, 0.1) is 24.2 Å². The number of nitrogens with zero attached hydrogens (tertiary/aromatic N) is 1. The summed E-state index contributed by atoms with van der Waals surface area (Å²) in [6, 6.07) is 2.55. The number of hydrogen-bond donors (Lipinski definition) is 2. The molecular weight excluding hydrogens is 248 g/mol. The van der Waals surface area contributed by atoms with Gasteiger partial charge in [0.25, 0.3) is 0 Å². The molecule has 0 aromatic carbocycles. The molecule has 0 atom stereocenters. The lowest BCUT2D eigenvalue weighted by molar-refractivity contribution is 0.0690. The highest BCUT2D eigenvalue weighted by atomic mass is 32.2. The molecule has 2 N–H and O–H groups in total. The molecular formula is C9H12N2O5S. The number of rotatable bonds is 6. The Morgan fingerprint density at radius 1 is 1.53 bits per heavy atom. The molecule has 0 saturated carbocycles. The molecule has 0 aliphatic carbocycles. The van der Waals surface area contributed by atoms with Crippen LogP contribution in [-0.2, 0) is 14.8 Å². The molecule has 0 unspecified atom stereocenters. The van der Waals surface area contributed by atoms with Crippen LogP contribution in [0.15, 0.2) is 18.3 Å². The Morgan fingerprint density at radius 2 is 2.24 bits per heavy atom. The van der Waals surface area contributed by atoms with Crippen LogP contribution in [0.2, 0.25) is 0 Å². The van der Waals surface area contributed by atoms with Crippen molar-refractivity contribution < 1.29 is 23.1 Å². The van der Waals surface area contributed by atoms with Crippen LogP contribution in [0.25, 0.3) is 0 Å². The van der Waals surface area contributed by atoms with Crippen LogP contribution in [0.3, 0.4) is 0 Å². The number of aromatic nitrogens is 1. The number of nitrogens with one attached hydrogen (secondary N) is 1. The van der Waals surface area contributed by atoms with E-state index in [2.05, 4.69) is 14.4 Å². The van der Waals surface area contributed by atoms with Crippen LogP contribution < -0.4 is 4.72 Å². The van der Waals surface area contributed by atoms with Crippen molar-refractivity contribution >= 4 is 21.7 Å². The molecule has 0 aliphatic heterocycles. The number of carboxylic acids is 1. The van der Waals surface area contributed by atoms with Gasteiger partial charge in [-0.3, -0.25) is 4.72 Å². The second kappa shape index (κ2) is 5.60. The van der Waals surface area contributed by atoms with Crippen LogP contribution in [-0.4, -0.2) is 43.9 Å². The summed E-state index contributed by atoms with van der Waals surface area (Å²) in [6.07, 6.45) is 1.15. The van der Waals surface area contributed by atoms with Gasteiger partial charge in [-0.1, -0.05) is 0 Å². The maximum Gasteiger partial charge on any atom is 0.354 e. The first-order valence-electron chi connectivity index (χ1n) is 4.63. The van der Waals surface area contributed by atoms with E-state index in [-0.39, 0.29) is 23.7 Å².